The second-order valence-electron chi connectivity index (χ2n) is 6.21. The number of anilines is 1. The number of nitrogens with zero attached hydrogens (tertiary/aromatic N) is 4. The molecule has 136 valence electrons. The molecule has 2 aliphatic heterocycles. The maximum atomic E-state index is 13.3. The van der Waals surface area contributed by atoms with Crippen LogP contribution < -0.4 is 14.4 Å². The van der Waals surface area contributed by atoms with Crippen molar-refractivity contribution in [1.29, 1.82) is 0 Å². The normalized spacial score (nSPS) is 17.4. The Bertz CT molecular complexity index is 1120. The number of benzene rings is 2. The molecule has 3 heterocycles. The van der Waals surface area contributed by atoms with Gasteiger partial charge in [-0.3, -0.25) is 9.56 Å². The molecule has 0 N–H and O–H groups in total. The Hall–Kier alpha value is -3.42. The highest BCUT2D eigenvalue weighted by atomic mass is 19.3. The van der Waals surface area contributed by atoms with Gasteiger partial charge in [0.15, 0.2) is 11.5 Å². The van der Waals surface area contributed by atoms with Crippen molar-refractivity contribution in [3.05, 3.63) is 54.4 Å². The molecule has 0 amide bonds. The van der Waals surface area contributed by atoms with Crippen LogP contribution in [-0.4, -0.2) is 28.7 Å². The molecule has 0 radical (unpaired) electrons. The first kappa shape index (κ1) is 15.8. The molecule has 0 saturated carbocycles. The summed E-state index contributed by atoms with van der Waals surface area (Å²) in [6.45, 7) is 2.26. The first-order valence-electron chi connectivity index (χ1n) is 8.34. The molecule has 2 aromatic carbocycles. The number of aliphatic imine (C=N–C) groups is 1. The van der Waals surface area contributed by atoms with Gasteiger partial charge in [-0.1, -0.05) is 12.1 Å². The number of aromatic nitrogens is 2. The third-order valence-electron chi connectivity index (χ3n) is 4.48. The number of rotatable bonds is 2. The molecule has 27 heavy (non-hydrogen) atoms. The summed E-state index contributed by atoms with van der Waals surface area (Å²) in [6, 6.07) is 12.5. The summed E-state index contributed by atoms with van der Waals surface area (Å²) in [7, 11) is 0. The average molecular weight is 368 g/mol. The Labute approximate surface area is 153 Å². The molecule has 3 aromatic rings. The number of ether oxygens (including phenoxy) is 2. The zero-order valence-corrected chi connectivity index (χ0v) is 14.3. The summed E-state index contributed by atoms with van der Waals surface area (Å²) >= 11 is 0. The molecule has 0 aliphatic carbocycles. The standard InChI is InChI=1S/C19H14F2N4O2/c1-12-23-14-4-2-3-5-15(14)25(12)18-8-9-22-11-24(18)13-6-7-16-17(10-13)27-19(20,21)26-16/h2-10H,11H2,1H3. The second-order valence-corrected chi connectivity index (χ2v) is 6.21. The molecular formula is C19H14F2N4O2. The third-order valence-corrected chi connectivity index (χ3v) is 4.48. The highest BCUT2D eigenvalue weighted by Gasteiger charge is 2.43. The van der Waals surface area contributed by atoms with Gasteiger partial charge in [-0.2, -0.15) is 0 Å². The summed E-state index contributed by atoms with van der Waals surface area (Å²) < 4.78 is 37.7. The van der Waals surface area contributed by atoms with E-state index in [9.17, 15) is 8.78 Å². The van der Waals surface area contributed by atoms with Crippen LogP contribution in [0.1, 0.15) is 5.82 Å². The van der Waals surface area contributed by atoms with Gasteiger partial charge in [0, 0.05) is 18.0 Å². The summed E-state index contributed by atoms with van der Waals surface area (Å²) in [5.74, 6) is 1.65. The van der Waals surface area contributed by atoms with Crippen molar-refractivity contribution in [3.63, 3.8) is 0 Å². The lowest BCUT2D eigenvalue weighted by Gasteiger charge is -2.29. The van der Waals surface area contributed by atoms with Gasteiger partial charge in [0.05, 0.1) is 11.0 Å². The van der Waals surface area contributed by atoms with Crippen LogP contribution in [0.4, 0.5) is 14.5 Å². The van der Waals surface area contributed by atoms with E-state index < -0.39 is 6.29 Å². The van der Waals surface area contributed by atoms with Crippen LogP contribution in [-0.2, 0) is 0 Å². The van der Waals surface area contributed by atoms with E-state index in [0.717, 1.165) is 22.7 Å². The van der Waals surface area contributed by atoms with Crippen LogP contribution in [0.2, 0.25) is 0 Å². The van der Waals surface area contributed by atoms with Crippen LogP contribution >= 0.6 is 0 Å². The van der Waals surface area contributed by atoms with Gasteiger partial charge in [0.25, 0.3) is 0 Å². The minimum absolute atomic E-state index is 0.00128. The van der Waals surface area contributed by atoms with Gasteiger partial charge in [-0.05, 0) is 37.3 Å². The van der Waals surface area contributed by atoms with E-state index in [1.54, 1.807) is 12.3 Å². The van der Waals surface area contributed by atoms with Gasteiger partial charge in [0.2, 0.25) is 0 Å². The zero-order valence-electron chi connectivity index (χ0n) is 14.3. The fourth-order valence-corrected chi connectivity index (χ4v) is 3.36. The fourth-order valence-electron chi connectivity index (χ4n) is 3.36. The van der Waals surface area contributed by atoms with Crippen LogP contribution in [0, 0.1) is 6.92 Å². The first-order valence-corrected chi connectivity index (χ1v) is 8.34. The summed E-state index contributed by atoms with van der Waals surface area (Å²) in [4.78, 5) is 10.8. The molecule has 6 nitrogen and oxygen atoms in total. The number of hydrogen-bond donors (Lipinski definition) is 0. The Morgan fingerprint density at radius 3 is 2.78 bits per heavy atom. The quantitative estimate of drug-likeness (QED) is 0.686. The Morgan fingerprint density at radius 2 is 1.89 bits per heavy atom. The van der Waals surface area contributed by atoms with Crippen molar-refractivity contribution in [2.45, 2.75) is 13.2 Å². The van der Waals surface area contributed by atoms with Crippen molar-refractivity contribution in [2.24, 2.45) is 4.99 Å². The lowest BCUT2D eigenvalue weighted by Crippen LogP contribution is -2.28. The predicted molar refractivity (Wildman–Crippen MR) is 97.2 cm³/mol. The lowest BCUT2D eigenvalue weighted by atomic mass is 10.2. The molecule has 0 unspecified atom stereocenters. The van der Waals surface area contributed by atoms with E-state index in [4.69, 9.17) is 0 Å². The Morgan fingerprint density at radius 1 is 1.07 bits per heavy atom. The number of halogens is 2. The Balaban J connectivity index is 1.60. The SMILES string of the molecule is Cc1nc2ccccc2n1C1=CC=NCN1c1ccc2c(c1)OC(F)(F)O2. The molecule has 0 fully saturated rings. The molecule has 8 heteroatoms. The highest BCUT2D eigenvalue weighted by Crippen LogP contribution is 2.43. The van der Waals surface area contributed by atoms with Gasteiger partial charge in [-0.25, -0.2) is 4.98 Å². The van der Waals surface area contributed by atoms with E-state index in [0.29, 0.717) is 12.4 Å². The molecule has 5 rings (SSSR count). The number of hydrogen-bond acceptors (Lipinski definition) is 5. The summed E-state index contributed by atoms with van der Waals surface area (Å²) in [5.41, 5.74) is 2.49. The van der Waals surface area contributed by atoms with Crippen LogP contribution in [0.25, 0.3) is 16.9 Å². The number of aryl methyl sites for hydroxylation is 1. The van der Waals surface area contributed by atoms with Crippen molar-refractivity contribution >= 4 is 28.8 Å². The molecule has 0 atom stereocenters. The number of alkyl halides is 2. The average Bonchev–Trinajstić information content (AvgIpc) is 3.14. The fraction of sp³-hybridized carbons (Fsp3) is 0.158. The second kappa shape index (κ2) is 5.54. The first-order chi connectivity index (χ1) is 13.0. The van der Waals surface area contributed by atoms with Gasteiger partial charge in [0.1, 0.15) is 18.3 Å². The molecule has 2 aliphatic rings. The van der Waals surface area contributed by atoms with Crippen LogP contribution in [0.15, 0.2) is 53.5 Å². The van der Waals surface area contributed by atoms with Gasteiger partial charge >= 0.3 is 6.29 Å². The van der Waals surface area contributed by atoms with Crippen LogP contribution in [0.3, 0.4) is 0 Å². The minimum atomic E-state index is -3.64. The van der Waals surface area contributed by atoms with Crippen LogP contribution in [0.5, 0.6) is 11.5 Å². The number of para-hydroxylation sites is 2. The molecule has 1 aromatic heterocycles. The van der Waals surface area contributed by atoms with Crippen molar-refractivity contribution in [1.82, 2.24) is 9.55 Å². The van der Waals surface area contributed by atoms with Gasteiger partial charge < -0.3 is 14.4 Å². The largest absolute Gasteiger partial charge is 0.586 e. The highest BCUT2D eigenvalue weighted by molar-refractivity contribution is 5.91. The zero-order chi connectivity index (χ0) is 18.6. The van der Waals surface area contributed by atoms with Crippen molar-refractivity contribution in [3.8, 4) is 11.5 Å². The van der Waals surface area contributed by atoms with E-state index >= 15 is 0 Å². The number of allylic oxidation sites excluding steroid dienone is 1. The van der Waals surface area contributed by atoms with Gasteiger partial charge in [-0.15, -0.1) is 8.78 Å². The molecule has 0 spiro atoms. The maximum Gasteiger partial charge on any atom is 0.586 e. The number of imidazole rings is 1. The predicted octanol–water partition coefficient (Wildman–Crippen LogP) is 4.01. The summed E-state index contributed by atoms with van der Waals surface area (Å²) in [5, 5.41) is 0. The third kappa shape index (κ3) is 2.52. The van der Waals surface area contributed by atoms with Crippen molar-refractivity contribution in [2.75, 3.05) is 11.6 Å². The molecule has 0 saturated heterocycles. The monoisotopic (exact) mass is 368 g/mol. The molecule has 0 bridgehead atoms. The smallest absolute Gasteiger partial charge is 0.395 e. The van der Waals surface area contributed by atoms with E-state index in [1.807, 2.05) is 46.7 Å². The maximum absolute atomic E-state index is 13.3. The molecular weight excluding hydrogens is 354 g/mol. The summed E-state index contributed by atoms with van der Waals surface area (Å²) in [6.07, 6.45) is -0.0538. The number of fused-ring (bicyclic) bond motifs is 2. The van der Waals surface area contributed by atoms with E-state index in [2.05, 4.69) is 19.5 Å². The topological polar surface area (TPSA) is 51.9 Å². The minimum Gasteiger partial charge on any atom is -0.395 e. The van der Waals surface area contributed by atoms with Crippen molar-refractivity contribution < 1.29 is 18.3 Å². The van der Waals surface area contributed by atoms with E-state index in [-0.39, 0.29) is 11.5 Å². The van der Waals surface area contributed by atoms with E-state index in [1.165, 1.54) is 12.1 Å². The lowest BCUT2D eigenvalue weighted by molar-refractivity contribution is -0.286. The Kier molecular flexibility index (Phi) is 3.24.